The van der Waals surface area contributed by atoms with Crippen molar-refractivity contribution in [3.63, 3.8) is 0 Å². The van der Waals surface area contributed by atoms with Crippen molar-refractivity contribution in [2.24, 2.45) is 5.73 Å². The van der Waals surface area contributed by atoms with Gasteiger partial charge in [-0.3, -0.25) is 0 Å². The topological polar surface area (TPSA) is 53.7 Å². The van der Waals surface area contributed by atoms with Crippen molar-refractivity contribution in [1.82, 2.24) is 0 Å². The number of rotatable bonds is 5. The second-order valence-electron chi connectivity index (χ2n) is 4.27. The van der Waals surface area contributed by atoms with E-state index in [-0.39, 0.29) is 0 Å². The zero-order valence-corrected chi connectivity index (χ0v) is 12.0. The van der Waals surface area contributed by atoms with Gasteiger partial charge in [0.15, 0.2) is 11.5 Å². The molecule has 0 saturated heterocycles. The molecule has 2 N–H and O–H groups in total. The molecule has 0 heterocycles. The van der Waals surface area contributed by atoms with Gasteiger partial charge in [0, 0.05) is 12.1 Å². The van der Waals surface area contributed by atoms with Gasteiger partial charge in [0.1, 0.15) is 5.75 Å². The molecular weight excluding hydrogens is 254 g/mol. The van der Waals surface area contributed by atoms with Crippen LogP contribution in [0.4, 0.5) is 0 Å². The van der Waals surface area contributed by atoms with Crippen LogP contribution in [0.25, 0.3) is 11.1 Å². The Hall–Kier alpha value is -2.20. The van der Waals surface area contributed by atoms with Crippen molar-refractivity contribution < 1.29 is 14.2 Å². The minimum absolute atomic E-state index is 0.410. The van der Waals surface area contributed by atoms with Crippen LogP contribution < -0.4 is 19.9 Å². The average Bonchev–Trinajstić information content (AvgIpc) is 2.53. The zero-order valence-electron chi connectivity index (χ0n) is 12.0. The van der Waals surface area contributed by atoms with Gasteiger partial charge in [-0.2, -0.15) is 0 Å². The first-order valence-electron chi connectivity index (χ1n) is 6.33. The predicted molar refractivity (Wildman–Crippen MR) is 79.4 cm³/mol. The van der Waals surface area contributed by atoms with Gasteiger partial charge in [0.05, 0.1) is 21.3 Å². The van der Waals surface area contributed by atoms with E-state index in [4.69, 9.17) is 19.9 Å². The Kier molecular flexibility index (Phi) is 4.48. The Morgan fingerprint density at radius 3 is 2.00 bits per heavy atom. The number of hydrogen-bond acceptors (Lipinski definition) is 4. The summed E-state index contributed by atoms with van der Waals surface area (Å²) in [7, 11) is 4.88. The minimum atomic E-state index is 0.410. The van der Waals surface area contributed by atoms with Gasteiger partial charge >= 0.3 is 0 Å². The van der Waals surface area contributed by atoms with Gasteiger partial charge in [-0.1, -0.05) is 18.2 Å². The molecule has 0 radical (unpaired) electrons. The summed E-state index contributed by atoms with van der Waals surface area (Å²) in [6, 6.07) is 11.7. The summed E-state index contributed by atoms with van der Waals surface area (Å²) in [4.78, 5) is 0. The molecule has 0 aliphatic carbocycles. The van der Waals surface area contributed by atoms with Crippen LogP contribution in [0.5, 0.6) is 17.2 Å². The summed E-state index contributed by atoms with van der Waals surface area (Å²) in [5, 5.41) is 0. The first kappa shape index (κ1) is 14.2. The third-order valence-corrected chi connectivity index (χ3v) is 3.23. The van der Waals surface area contributed by atoms with Crippen LogP contribution in [0.15, 0.2) is 36.4 Å². The maximum absolute atomic E-state index is 5.86. The molecule has 0 unspecified atom stereocenters. The van der Waals surface area contributed by atoms with Crippen molar-refractivity contribution in [2.45, 2.75) is 6.54 Å². The molecule has 0 fully saturated rings. The molecule has 0 bridgehead atoms. The summed E-state index contributed by atoms with van der Waals surface area (Å²) in [6.07, 6.45) is 0. The molecule has 2 rings (SSSR count). The zero-order chi connectivity index (χ0) is 14.5. The van der Waals surface area contributed by atoms with Crippen molar-refractivity contribution in [3.05, 3.63) is 42.0 Å². The third-order valence-electron chi connectivity index (χ3n) is 3.23. The van der Waals surface area contributed by atoms with E-state index >= 15 is 0 Å². The normalized spacial score (nSPS) is 10.2. The second kappa shape index (κ2) is 6.30. The number of hydrogen-bond donors (Lipinski definition) is 1. The van der Waals surface area contributed by atoms with Crippen molar-refractivity contribution in [2.75, 3.05) is 21.3 Å². The molecule has 4 heteroatoms. The molecular formula is C16H19NO3. The monoisotopic (exact) mass is 273 g/mol. The van der Waals surface area contributed by atoms with E-state index in [1.54, 1.807) is 21.3 Å². The fourth-order valence-corrected chi connectivity index (χ4v) is 2.21. The quantitative estimate of drug-likeness (QED) is 0.910. The standard InChI is InChI=1S/C16H19NO3/c1-18-14-7-5-4-6-12(14)13-9-16(20-3)15(19-2)8-11(13)10-17/h4-9H,10,17H2,1-3H3. The van der Waals surface area contributed by atoms with E-state index < -0.39 is 0 Å². The third kappa shape index (κ3) is 2.56. The molecule has 2 aromatic rings. The highest BCUT2D eigenvalue weighted by Crippen LogP contribution is 2.38. The van der Waals surface area contributed by atoms with Gasteiger partial charge in [0.25, 0.3) is 0 Å². The Balaban J connectivity index is 2.66. The minimum Gasteiger partial charge on any atom is -0.496 e. The highest BCUT2D eigenvalue weighted by Gasteiger charge is 2.14. The fourth-order valence-electron chi connectivity index (χ4n) is 2.21. The maximum atomic E-state index is 5.86. The van der Waals surface area contributed by atoms with Crippen LogP contribution >= 0.6 is 0 Å². The van der Waals surface area contributed by atoms with Crippen molar-refractivity contribution in [3.8, 4) is 28.4 Å². The van der Waals surface area contributed by atoms with Crippen LogP contribution in [-0.4, -0.2) is 21.3 Å². The summed E-state index contributed by atoms with van der Waals surface area (Å²) in [6.45, 7) is 0.410. The van der Waals surface area contributed by atoms with E-state index in [1.807, 2.05) is 36.4 Å². The van der Waals surface area contributed by atoms with E-state index in [2.05, 4.69) is 0 Å². The van der Waals surface area contributed by atoms with E-state index in [1.165, 1.54) is 0 Å². The van der Waals surface area contributed by atoms with Crippen LogP contribution in [0, 0.1) is 0 Å². The molecule has 0 aromatic heterocycles. The van der Waals surface area contributed by atoms with Crippen LogP contribution in [0.3, 0.4) is 0 Å². The van der Waals surface area contributed by atoms with Crippen LogP contribution in [0.2, 0.25) is 0 Å². The smallest absolute Gasteiger partial charge is 0.161 e. The molecule has 0 aliphatic heterocycles. The SMILES string of the molecule is COc1cc(CN)c(-c2ccccc2OC)cc1OC. The number of methoxy groups -OCH3 is 3. The lowest BCUT2D eigenvalue weighted by Crippen LogP contribution is -2.02. The molecule has 0 atom stereocenters. The molecule has 0 spiro atoms. The summed E-state index contributed by atoms with van der Waals surface area (Å²) in [5.74, 6) is 2.15. The van der Waals surface area contributed by atoms with Gasteiger partial charge < -0.3 is 19.9 Å². The number of para-hydroxylation sites is 1. The van der Waals surface area contributed by atoms with Gasteiger partial charge in [-0.05, 0) is 29.3 Å². The van der Waals surface area contributed by atoms with Crippen molar-refractivity contribution >= 4 is 0 Å². The van der Waals surface area contributed by atoms with Crippen LogP contribution in [-0.2, 0) is 6.54 Å². The Morgan fingerprint density at radius 2 is 1.40 bits per heavy atom. The Bertz CT molecular complexity index is 596. The summed E-state index contributed by atoms with van der Waals surface area (Å²) in [5.41, 5.74) is 8.81. The highest BCUT2D eigenvalue weighted by molar-refractivity contribution is 5.76. The van der Waals surface area contributed by atoms with E-state index in [0.29, 0.717) is 18.0 Å². The number of benzene rings is 2. The lowest BCUT2D eigenvalue weighted by atomic mass is 9.98. The van der Waals surface area contributed by atoms with E-state index in [9.17, 15) is 0 Å². The predicted octanol–water partition coefficient (Wildman–Crippen LogP) is 2.84. The molecule has 0 amide bonds. The largest absolute Gasteiger partial charge is 0.496 e. The van der Waals surface area contributed by atoms with Gasteiger partial charge in [-0.25, -0.2) is 0 Å². The van der Waals surface area contributed by atoms with Gasteiger partial charge in [0.2, 0.25) is 0 Å². The maximum Gasteiger partial charge on any atom is 0.161 e. The van der Waals surface area contributed by atoms with Crippen molar-refractivity contribution in [1.29, 1.82) is 0 Å². The van der Waals surface area contributed by atoms with E-state index in [0.717, 1.165) is 22.4 Å². The second-order valence-corrected chi connectivity index (χ2v) is 4.27. The molecule has 0 aliphatic rings. The van der Waals surface area contributed by atoms with Gasteiger partial charge in [-0.15, -0.1) is 0 Å². The summed E-state index contributed by atoms with van der Waals surface area (Å²) >= 11 is 0. The lowest BCUT2D eigenvalue weighted by Gasteiger charge is -2.16. The Labute approximate surface area is 119 Å². The Morgan fingerprint density at radius 1 is 0.800 bits per heavy atom. The highest BCUT2D eigenvalue weighted by atomic mass is 16.5. The molecule has 4 nitrogen and oxygen atoms in total. The molecule has 2 aromatic carbocycles. The fraction of sp³-hybridized carbons (Fsp3) is 0.250. The van der Waals surface area contributed by atoms with Crippen LogP contribution in [0.1, 0.15) is 5.56 Å². The number of ether oxygens (including phenoxy) is 3. The molecule has 0 saturated carbocycles. The summed E-state index contributed by atoms with van der Waals surface area (Å²) < 4.78 is 16.1. The first-order valence-corrected chi connectivity index (χ1v) is 6.33. The molecule has 20 heavy (non-hydrogen) atoms. The molecule has 106 valence electrons. The number of nitrogens with two attached hydrogens (primary N) is 1. The lowest BCUT2D eigenvalue weighted by molar-refractivity contribution is 0.354. The first-order chi connectivity index (χ1) is 9.74. The average molecular weight is 273 g/mol.